The van der Waals surface area contributed by atoms with Crippen molar-refractivity contribution in [3.8, 4) is 0 Å². The molecule has 0 radical (unpaired) electrons. The van der Waals surface area contributed by atoms with E-state index in [0.29, 0.717) is 25.9 Å². The van der Waals surface area contributed by atoms with Gasteiger partial charge in [0, 0.05) is 26.3 Å². The maximum Gasteiger partial charge on any atom is 0.278 e. The Kier molecular flexibility index (Phi) is 10.3. The normalized spacial score (nSPS) is 9.88. The molecule has 0 saturated carbocycles. The van der Waals surface area contributed by atoms with Gasteiger partial charge in [-0.15, -0.1) is 0 Å². The summed E-state index contributed by atoms with van der Waals surface area (Å²) in [7, 11) is 0. The van der Waals surface area contributed by atoms with E-state index in [-0.39, 0.29) is 24.1 Å². The lowest BCUT2D eigenvalue weighted by atomic mass is 10.3. The van der Waals surface area contributed by atoms with Gasteiger partial charge in [-0.2, -0.15) is 0 Å². The lowest BCUT2D eigenvalue weighted by molar-refractivity contribution is -0.114. The zero-order chi connectivity index (χ0) is 12.2. The zero-order valence-electron chi connectivity index (χ0n) is 9.37. The lowest BCUT2D eigenvalue weighted by Crippen LogP contribution is -2.39. The molecule has 0 aliphatic heterocycles. The maximum absolute atomic E-state index is 11.3. The first-order valence-electron chi connectivity index (χ1n) is 5.50. The Morgan fingerprint density at radius 1 is 0.938 bits per heavy atom. The van der Waals surface area contributed by atoms with Gasteiger partial charge >= 0.3 is 0 Å². The van der Waals surface area contributed by atoms with E-state index in [0.717, 1.165) is 12.8 Å². The highest BCUT2D eigenvalue weighted by Crippen LogP contribution is 1.86. The lowest BCUT2D eigenvalue weighted by Gasteiger charge is -2.07. The number of hydrogen-bond acceptors (Lipinski definition) is 4. The smallest absolute Gasteiger partial charge is 0.278 e. The van der Waals surface area contributed by atoms with Crippen LogP contribution in [-0.4, -0.2) is 47.4 Å². The molecule has 16 heavy (non-hydrogen) atoms. The molecule has 0 aromatic rings. The Labute approximate surface area is 101 Å². The van der Waals surface area contributed by atoms with E-state index in [2.05, 4.69) is 10.6 Å². The van der Waals surface area contributed by atoms with Crippen LogP contribution in [0.2, 0.25) is 0 Å². The summed E-state index contributed by atoms with van der Waals surface area (Å²) in [5, 5.41) is 22.6. The molecule has 4 N–H and O–H groups in total. The molecule has 0 aliphatic carbocycles. The van der Waals surface area contributed by atoms with Crippen molar-refractivity contribution in [2.24, 2.45) is 0 Å². The van der Waals surface area contributed by atoms with Crippen LogP contribution in [0.3, 0.4) is 0 Å². The number of aliphatic hydroxyl groups excluding tert-OH is 2. The summed E-state index contributed by atoms with van der Waals surface area (Å²) in [6.45, 7) is 1.42. The molecule has 0 heterocycles. The Balaban J connectivity index is 3.46. The maximum atomic E-state index is 11.3. The predicted molar refractivity (Wildman–Crippen MR) is 66.3 cm³/mol. The van der Waals surface area contributed by atoms with Gasteiger partial charge in [0.2, 0.25) is 0 Å². The van der Waals surface area contributed by atoms with Gasteiger partial charge in [-0.3, -0.25) is 4.79 Å². The van der Waals surface area contributed by atoms with Crippen LogP contribution in [0.1, 0.15) is 25.7 Å². The highest BCUT2D eigenvalue weighted by atomic mass is 32.1. The Bertz CT molecular complexity index is 190. The zero-order valence-corrected chi connectivity index (χ0v) is 10.2. The van der Waals surface area contributed by atoms with Crippen molar-refractivity contribution >= 4 is 23.1 Å². The summed E-state index contributed by atoms with van der Waals surface area (Å²) in [5.74, 6) is -0.281. The molecule has 0 spiro atoms. The number of nitrogens with one attached hydrogen (secondary N) is 2. The van der Waals surface area contributed by atoms with Gasteiger partial charge in [-0.25, -0.2) is 0 Å². The number of hydrogen-bond donors (Lipinski definition) is 4. The Hall–Kier alpha value is -0.720. The molecule has 0 aromatic carbocycles. The van der Waals surface area contributed by atoms with Gasteiger partial charge in [0.15, 0.2) is 4.99 Å². The number of carbonyl (C=O) groups excluding carboxylic acids is 1. The fourth-order valence-corrected chi connectivity index (χ4v) is 1.21. The summed E-state index contributed by atoms with van der Waals surface area (Å²) >= 11 is 4.87. The number of thiocarbonyl (C=S) groups is 1. The van der Waals surface area contributed by atoms with Crippen molar-refractivity contribution in [3.05, 3.63) is 0 Å². The van der Waals surface area contributed by atoms with Crippen LogP contribution >= 0.6 is 12.2 Å². The molecule has 0 fully saturated rings. The molecule has 5 nitrogen and oxygen atoms in total. The minimum absolute atomic E-state index is 0.139. The largest absolute Gasteiger partial charge is 0.396 e. The number of unbranched alkanes of at least 4 members (excludes halogenated alkanes) is 2. The average Bonchev–Trinajstić information content (AvgIpc) is 2.29. The Morgan fingerprint density at radius 2 is 1.44 bits per heavy atom. The van der Waals surface area contributed by atoms with Crippen molar-refractivity contribution in [1.29, 1.82) is 0 Å². The molecule has 0 aliphatic rings. The number of aliphatic hydroxyl groups is 2. The summed E-state index contributed by atoms with van der Waals surface area (Å²) in [5.41, 5.74) is 0. The second kappa shape index (κ2) is 10.8. The second-order valence-corrected chi connectivity index (χ2v) is 3.78. The van der Waals surface area contributed by atoms with E-state index in [9.17, 15) is 4.79 Å². The molecule has 94 valence electrons. The van der Waals surface area contributed by atoms with Crippen molar-refractivity contribution in [2.45, 2.75) is 25.7 Å². The fourth-order valence-electron chi connectivity index (χ4n) is 1.04. The van der Waals surface area contributed by atoms with E-state index >= 15 is 0 Å². The van der Waals surface area contributed by atoms with Gasteiger partial charge in [0.05, 0.1) is 0 Å². The molecule has 0 aromatic heterocycles. The fraction of sp³-hybridized carbons (Fsp3) is 0.800. The van der Waals surface area contributed by atoms with Crippen LogP contribution in [0, 0.1) is 0 Å². The van der Waals surface area contributed by atoms with Crippen molar-refractivity contribution in [2.75, 3.05) is 26.3 Å². The molecule has 0 rings (SSSR count). The molecule has 0 saturated heterocycles. The highest BCUT2D eigenvalue weighted by Gasteiger charge is 2.06. The third kappa shape index (κ3) is 8.58. The summed E-state index contributed by atoms with van der Waals surface area (Å²) in [4.78, 5) is 11.5. The summed E-state index contributed by atoms with van der Waals surface area (Å²) < 4.78 is 0. The van der Waals surface area contributed by atoms with E-state index in [1.807, 2.05) is 0 Å². The van der Waals surface area contributed by atoms with Crippen LogP contribution in [0.5, 0.6) is 0 Å². The van der Waals surface area contributed by atoms with E-state index in [1.54, 1.807) is 0 Å². The second-order valence-electron chi connectivity index (χ2n) is 3.37. The molecule has 0 unspecified atom stereocenters. The minimum Gasteiger partial charge on any atom is -0.396 e. The van der Waals surface area contributed by atoms with Gasteiger partial charge < -0.3 is 20.8 Å². The third-order valence-electron chi connectivity index (χ3n) is 1.95. The first-order chi connectivity index (χ1) is 7.72. The van der Waals surface area contributed by atoms with Crippen LogP contribution in [0.15, 0.2) is 0 Å². The molecular weight excluding hydrogens is 228 g/mol. The van der Waals surface area contributed by atoms with Crippen LogP contribution < -0.4 is 10.6 Å². The van der Waals surface area contributed by atoms with Gasteiger partial charge in [-0.1, -0.05) is 12.2 Å². The highest BCUT2D eigenvalue weighted by molar-refractivity contribution is 7.82. The minimum atomic E-state index is -0.281. The number of rotatable bonds is 8. The van der Waals surface area contributed by atoms with Crippen molar-refractivity contribution in [3.63, 3.8) is 0 Å². The van der Waals surface area contributed by atoms with Crippen LogP contribution in [0.25, 0.3) is 0 Å². The SMILES string of the molecule is O=C(NCCCCO)C(=S)NCCCCO. The first-order valence-corrected chi connectivity index (χ1v) is 5.91. The first kappa shape index (κ1) is 15.3. The average molecular weight is 248 g/mol. The summed E-state index contributed by atoms with van der Waals surface area (Å²) in [6, 6.07) is 0. The van der Waals surface area contributed by atoms with Crippen molar-refractivity contribution < 1.29 is 15.0 Å². The summed E-state index contributed by atoms with van der Waals surface area (Å²) in [6.07, 6.45) is 2.91. The van der Waals surface area contributed by atoms with Gasteiger partial charge in [0.25, 0.3) is 5.91 Å². The number of amides is 1. The monoisotopic (exact) mass is 248 g/mol. The predicted octanol–water partition coefficient (Wildman–Crippen LogP) is -0.435. The van der Waals surface area contributed by atoms with Gasteiger partial charge in [0.1, 0.15) is 0 Å². The molecule has 1 amide bonds. The quantitative estimate of drug-likeness (QED) is 0.346. The Morgan fingerprint density at radius 3 is 1.94 bits per heavy atom. The van der Waals surface area contributed by atoms with Crippen molar-refractivity contribution in [1.82, 2.24) is 10.6 Å². The topological polar surface area (TPSA) is 81.6 Å². The molecular formula is C10H20N2O3S. The third-order valence-corrected chi connectivity index (χ3v) is 2.28. The molecule has 0 atom stereocenters. The number of carbonyl (C=O) groups is 1. The molecule has 6 heteroatoms. The van der Waals surface area contributed by atoms with E-state index in [4.69, 9.17) is 22.4 Å². The van der Waals surface area contributed by atoms with Gasteiger partial charge in [-0.05, 0) is 25.7 Å². The van der Waals surface area contributed by atoms with E-state index in [1.165, 1.54) is 0 Å². The van der Waals surface area contributed by atoms with E-state index < -0.39 is 0 Å². The van der Waals surface area contributed by atoms with Crippen LogP contribution in [-0.2, 0) is 4.79 Å². The van der Waals surface area contributed by atoms with Crippen LogP contribution in [0.4, 0.5) is 0 Å². The molecule has 0 bridgehead atoms. The standard InChI is InChI=1S/C10H20N2O3S/c13-7-3-1-5-11-9(15)10(16)12-6-2-4-8-14/h13-14H,1-8H2,(H,11,15)(H,12,16).